The molecule has 0 radical (unpaired) electrons. The van der Waals surface area contributed by atoms with Crippen molar-refractivity contribution in [3.8, 4) is 0 Å². The fraction of sp³-hybridized carbons (Fsp3) is 0.875. The second-order valence-corrected chi connectivity index (χ2v) is 3.48. The first-order valence-corrected chi connectivity index (χ1v) is 4.09. The van der Waals surface area contributed by atoms with E-state index in [1.807, 2.05) is 0 Å². The highest BCUT2D eigenvalue weighted by atomic mass is 16.3. The average Bonchev–Trinajstić information content (AvgIpc) is 1.85. The van der Waals surface area contributed by atoms with Crippen LogP contribution in [0.15, 0.2) is 0 Å². The minimum absolute atomic E-state index is 0.122. The van der Waals surface area contributed by atoms with Crippen molar-refractivity contribution in [2.45, 2.75) is 38.8 Å². The van der Waals surface area contributed by atoms with E-state index in [1.165, 1.54) is 0 Å². The molecule has 0 aromatic rings. The van der Waals surface area contributed by atoms with Gasteiger partial charge in [0.25, 0.3) is 0 Å². The molecular weight excluding hydrogens is 156 g/mol. The summed E-state index contributed by atoms with van der Waals surface area (Å²) in [7, 11) is 0. The Morgan fingerprint density at radius 2 is 2.17 bits per heavy atom. The Bertz CT molecular complexity index is 155. The maximum atomic E-state index is 11.1. The van der Waals surface area contributed by atoms with E-state index in [9.17, 15) is 9.90 Å². The molecule has 4 heteroatoms. The van der Waals surface area contributed by atoms with Crippen LogP contribution in [0.4, 0.5) is 0 Å². The van der Waals surface area contributed by atoms with Gasteiger partial charge in [-0.15, -0.1) is 0 Å². The molecular formula is C8H18N2O2. The van der Waals surface area contributed by atoms with Crippen molar-refractivity contribution in [3.05, 3.63) is 0 Å². The molecule has 4 N–H and O–H groups in total. The van der Waals surface area contributed by atoms with Crippen molar-refractivity contribution in [3.63, 3.8) is 0 Å². The lowest BCUT2D eigenvalue weighted by atomic mass is 9.98. The highest BCUT2D eigenvalue weighted by molar-refractivity contribution is 5.76. The van der Waals surface area contributed by atoms with E-state index in [0.29, 0.717) is 13.0 Å². The first kappa shape index (κ1) is 11.4. The van der Waals surface area contributed by atoms with E-state index in [0.717, 1.165) is 0 Å². The Morgan fingerprint density at radius 3 is 2.50 bits per heavy atom. The van der Waals surface area contributed by atoms with Gasteiger partial charge in [0, 0.05) is 13.0 Å². The zero-order valence-electron chi connectivity index (χ0n) is 7.92. The van der Waals surface area contributed by atoms with Crippen molar-refractivity contribution in [2.75, 3.05) is 6.54 Å². The van der Waals surface area contributed by atoms with Crippen LogP contribution in [0.25, 0.3) is 0 Å². The maximum absolute atomic E-state index is 11.1. The van der Waals surface area contributed by atoms with Gasteiger partial charge in [-0.2, -0.15) is 0 Å². The Kier molecular flexibility index (Phi) is 4.20. The Morgan fingerprint density at radius 1 is 1.67 bits per heavy atom. The molecule has 72 valence electrons. The molecule has 0 bridgehead atoms. The highest BCUT2D eigenvalue weighted by Crippen LogP contribution is 2.07. The average molecular weight is 174 g/mol. The molecule has 1 amide bonds. The van der Waals surface area contributed by atoms with Crippen LogP contribution < -0.4 is 11.1 Å². The van der Waals surface area contributed by atoms with Crippen LogP contribution in [0.2, 0.25) is 0 Å². The lowest BCUT2D eigenvalue weighted by molar-refractivity contribution is -0.123. The van der Waals surface area contributed by atoms with Crippen LogP contribution in [-0.2, 0) is 4.79 Å². The summed E-state index contributed by atoms with van der Waals surface area (Å²) >= 11 is 0. The normalized spacial score (nSPS) is 14.1. The number of hydrogen-bond donors (Lipinski definition) is 3. The second-order valence-electron chi connectivity index (χ2n) is 3.48. The molecule has 4 nitrogen and oxygen atoms in total. The number of carbonyl (C=O) groups is 1. The predicted octanol–water partition coefficient (Wildman–Crippen LogP) is -0.389. The smallest absolute Gasteiger partial charge is 0.221 e. The van der Waals surface area contributed by atoms with E-state index in [2.05, 4.69) is 5.32 Å². The van der Waals surface area contributed by atoms with Crippen LogP contribution in [-0.4, -0.2) is 29.2 Å². The summed E-state index contributed by atoms with van der Waals surface area (Å²) in [6.45, 7) is 5.52. The lowest BCUT2D eigenvalue weighted by Gasteiger charge is -2.29. The highest BCUT2D eigenvalue weighted by Gasteiger charge is 2.25. The van der Waals surface area contributed by atoms with E-state index in [4.69, 9.17) is 5.73 Å². The van der Waals surface area contributed by atoms with Gasteiger partial charge in [-0.05, 0) is 20.8 Å². The van der Waals surface area contributed by atoms with Gasteiger partial charge < -0.3 is 16.2 Å². The van der Waals surface area contributed by atoms with Gasteiger partial charge in [0.05, 0.1) is 11.6 Å². The number of amides is 1. The summed E-state index contributed by atoms with van der Waals surface area (Å²) in [4.78, 5) is 11.1. The molecule has 0 aromatic heterocycles. The number of nitrogens with two attached hydrogens (primary N) is 1. The van der Waals surface area contributed by atoms with Crippen LogP contribution in [0.5, 0.6) is 0 Å². The quantitative estimate of drug-likeness (QED) is 0.543. The topological polar surface area (TPSA) is 75.3 Å². The molecule has 0 aliphatic heterocycles. The molecule has 12 heavy (non-hydrogen) atoms. The van der Waals surface area contributed by atoms with Gasteiger partial charge in [0.2, 0.25) is 5.91 Å². The largest absolute Gasteiger partial charge is 0.391 e. The second kappa shape index (κ2) is 4.42. The summed E-state index contributed by atoms with van der Waals surface area (Å²) < 4.78 is 0. The van der Waals surface area contributed by atoms with Crippen molar-refractivity contribution >= 4 is 5.91 Å². The minimum atomic E-state index is -0.577. The molecule has 0 heterocycles. The Labute approximate surface area is 73.1 Å². The fourth-order valence-electron chi connectivity index (χ4n) is 0.657. The van der Waals surface area contributed by atoms with Crippen molar-refractivity contribution < 1.29 is 9.90 Å². The van der Waals surface area contributed by atoms with Crippen LogP contribution in [0.1, 0.15) is 27.2 Å². The first-order chi connectivity index (χ1) is 5.40. The van der Waals surface area contributed by atoms with Gasteiger partial charge in [-0.3, -0.25) is 4.79 Å². The zero-order chi connectivity index (χ0) is 9.78. The SMILES string of the molecule is CC(O)C(C)(C)NC(=O)CCN. The third-order valence-electron chi connectivity index (χ3n) is 1.88. The van der Waals surface area contributed by atoms with E-state index in [-0.39, 0.29) is 5.91 Å². The van der Waals surface area contributed by atoms with Gasteiger partial charge >= 0.3 is 0 Å². The summed E-state index contributed by atoms with van der Waals surface area (Å²) in [5, 5.41) is 11.9. The number of aliphatic hydroxyl groups is 1. The molecule has 0 fully saturated rings. The van der Waals surface area contributed by atoms with Gasteiger partial charge in [-0.1, -0.05) is 0 Å². The molecule has 1 unspecified atom stereocenters. The monoisotopic (exact) mass is 174 g/mol. The number of carbonyl (C=O) groups excluding carboxylic acids is 1. The predicted molar refractivity (Wildman–Crippen MR) is 47.6 cm³/mol. The van der Waals surface area contributed by atoms with Gasteiger partial charge in [0.1, 0.15) is 0 Å². The van der Waals surface area contributed by atoms with E-state index < -0.39 is 11.6 Å². The molecule has 0 aromatic carbocycles. The summed E-state index contributed by atoms with van der Waals surface area (Å²) in [5.41, 5.74) is 4.62. The standard InChI is InChI=1S/C8H18N2O2/c1-6(11)8(2,3)10-7(12)4-5-9/h6,11H,4-5,9H2,1-3H3,(H,10,12). The first-order valence-electron chi connectivity index (χ1n) is 4.09. The zero-order valence-corrected chi connectivity index (χ0v) is 7.92. The molecule has 1 atom stereocenters. The van der Waals surface area contributed by atoms with Crippen LogP contribution in [0, 0.1) is 0 Å². The van der Waals surface area contributed by atoms with E-state index in [1.54, 1.807) is 20.8 Å². The lowest BCUT2D eigenvalue weighted by Crippen LogP contribution is -2.51. The van der Waals surface area contributed by atoms with Crippen molar-refractivity contribution in [1.82, 2.24) is 5.32 Å². The maximum Gasteiger partial charge on any atom is 0.221 e. The number of aliphatic hydroxyl groups excluding tert-OH is 1. The molecule has 0 aliphatic rings. The van der Waals surface area contributed by atoms with Crippen LogP contribution >= 0.6 is 0 Å². The van der Waals surface area contributed by atoms with Crippen molar-refractivity contribution in [1.29, 1.82) is 0 Å². The van der Waals surface area contributed by atoms with E-state index >= 15 is 0 Å². The molecule has 0 saturated carbocycles. The molecule has 0 saturated heterocycles. The number of nitrogens with one attached hydrogen (secondary N) is 1. The van der Waals surface area contributed by atoms with Gasteiger partial charge in [0.15, 0.2) is 0 Å². The summed E-state index contributed by atoms with van der Waals surface area (Å²) in [6, 6.07) is 0. The molecule has 0 rings (SSSR count). The Hall–Kier alpha value is -0.610. The van der Waals surface area contributed by atoms with Crippen molar-refractivity contribution in [2.24, 2.45) is 5.73 Å². The number of rotatable bonds is 4. The third-order valence-corrected chi connectivity index (χ3v) is 1.88. The Balaban J connectivity index is 3.97. The molecule has 0 spiro atoms. The molecule has 0 aliphatic carbocycles. The third kappa shape index (κ3) is 3.69. The fourth-order valence-corrected chi connectivity index (χ4v) is 0.657. The van der Waals surface area contributed by atoms with Gasteiger partial charge in [-0.25, -0.2) is 0 Å². The van der Waals surface area contributed by atoms with Crippen LogP contribution in [0.3, 0.4) is 0 Å². The minimum Gasteiger partial charge on any atom is -0.391 e. The summed E-state index contributed by atoms with van der Waals surface area (Å²) in [5.74, 6) is -0.122. The summed E-state index contributed by atoms with van der Waals surface area (Å²) in [6.07, 6.45) is -0.268. The number of hydrogen-bond acceptors (Lipinski definition) is 3.